The Hall–Kier alpha value is -2.70. The molecule has 0 aliphatic carbocycles. The number of hydrogen-bond donors (Lipinski definition) is 0. The van der Waals surface area contributed by atoms with Crippen molar-refractivity contribution in [2.24, 2.45) is 0 Å². The summed E-state index contributed by atoms with van der Waals surface area (Å²) in [6.07, 6.45) is 19.0. The molecule has 0 atom stereocenters. The maximum absolute atomic E-state index is 12.6. The lowest BCUT2D eigenvalue weighted by Crippen LogP contribution is -2.16. The van der Waals surface area contributed by atoms with Crippen LogP contribution < -0.4 is 0 Å². The van der Waals surface area contributed by atoms with Crippen LogP contribution in [0.3, 0.4) is 0 Å². The lowest BCUT2D eigenvalue weighted by molar-refractivity contribution is -0.363. The van der Waals surface area contributed by atoms with Crippen molar-refractivity contribution in [1.29, 1.82) is 0 Å². The zero-order valence-corrected chi connectivity index (χ0v) is 26.0. The quantitative estimate of drug-likeness (QED) is 0.0699. The standard InChI is InChI=1S/C36H52O6/c1-4-7-10-13-14-15-18-21-34(39-41-35(37)32-26-22-30(23-27-32)19-16-11-8-5-2)40-42-36(38)33-28-24-31(25-29-33)20-17-12-9-6-3/h22-29H,1,4-21H2,2-3H3. The fraction of sp³-hybridized carbons (Fsp3) is 0.556. The summed E-state index contributed by atoms with van der Waals surface area (Å²) < 4.78 is 0. The minimum atomic E-state index is -0.636. The summed E-state index contributed by atoms with van der Waals surface area (Å²) in [6.45, 7) is 8.27. The molecule has 0 amide bonds. The summed E-state index contributed by atoms with van der Waals surface area (Å²) >= 11 is 0. The van der Waals surface area contributed by atoms with Gasteiger partial charge in [0.2, 0.25) is 0 Å². The average molecular weight is 581 g/mol. The van der Waals surface area contributed by atoms with Crippen LogP contribution in [-0.2, 0) is 32.4 Å². The highest BCUT2D eigenvalue weighted by Crippen LogP contribution is 2.20. The van der Waals surface area contributed by atoms with Crippen molar-refractivity contribution in [1.82, 2.24) is 0 Å². The van der Waals surface area contributed by atoms with Crippen LogP contribution in [0.25, 0.3) is 0 Å². The molecule has 0 N–H and O–H groups in total. The van der Waals surface area contributed by atoms with Gasteiger partial charge in [0.05, 0.1) is 11.1 Å². The lowest BCUT2D eigenvalue weighted by Gasteiger charge is -2.14. The fourth-order valence-corrected chi connectivity index (χ4v) is 4.64. The minimum absolute atomic E-state index is 0.0606. The highest BCUT2D eigenvalue weighted by molar-refractivity contribution is 5.89. The Kier molecular flexibility index (Phi) is 19.3. The van der Waals surface area contributed by atoms with E-state index >= 15 is 0 Å². The van der Waals surface area contributed by atoms with Gasteiger partial charge in [-0.2, -0.15) is 0 Å². The molecule has 2 radical (unpaired) electrons. The average Bonchev–Trinajstić information content (AvgIpc) is 3.02. The van der Waals surface area contributed by atoms with Crippen LogP contribution in [0.2, 0.25) is 0 Å². The van der Waals surface area contributed by atoms with E-state index in [2.05, 4.69) is 20.8 Å². The monoisotopic (exact) mass is 580 g/mol. The second kappa shape index (κ2) is 22.8. The number of unbranched alkanes of at least 4 members (excludes halogenated alkanes) is 12. The molecule has 0 aliphatic rings. The number of carbonyl (C=O) groups excluding carboxylic acids is 2. The summed E-state index contributed by atoms with van der Waals surface area (Å²) in [5.74, 6) is -1.27. The number of rotatable bonds is 24. The van der Waals surface area contributed by atoms with Crippen LogP contribution in [0.1, 0.15) is 148 Å². The molecule has 0 saturated heterocycles. The van der Waals surface area contributed by atoms with Gasteiger partial charge >= 0.3 is 18.2 Å². The molecule has 0 saturated carbocycles. The Balaban J connectivity index is 1.85. The van der Waals surface area contributed by atoms with E-state index in [4.69, 9.17) is 19.6 Å². The van der Waals surface area contributed by atoms with Gasteiger partial charge in [-0.15, -0.1) is 9.78 Å². The third kappa shape index (κ3) is 15.5. The highest BCUT2D eigenvalue weighted by atomic mass is 17.3. The molecule has 0 bridgehead atoms. The van der Waals surface area contributed by atoms with Crippen molar-refractivity contribution < 1.29 is 29.1 Å². The molecule has 2 rings (SSSR count). The van der Waals surface area contributed by atoms with Gasteiger partial charge < -0.3 is 0 Å². The van der Waals surface area contributed by atoms with Crippen LogP contribution in [-0.4, -0.2) is 11.9 Å². The normalized spacial score (nSPS) is 11.1. The molecule has 2 aromatic rings. The number of carbonyl (C=O) groups is 2. The Morgan fingerprint density at radius 1 is 0.524 bits per heavy atom. The maximum atomic E-state index is 12.6. The van der Waals surface area contributed by atoms with Crippen LogP contribution in [0.4, 0.5) is 0 Å². The first-order chi connectivity index (χ1) is 20.6. The molecular formula is C36H52O6. The van der Waals surface area contributed by atoms with E-state index < -0.39 is 11.9 Å². The molecule has 0 heterocycles. The predicted molar refractivity (Wildman–Crippen MR) is 167 cm³/mol. The Labute approximate surface area is 254 Å². The third-order valence-corrected chi connectivity index (χ3v) is 7.32. The van der Waals surface area contributed by atoms with Gasteiger partial charge in [0, 0.05) is 6.42 Å². The van der Waals surface area contributed by atoms with Crippen molar-refractivity contribution >= 4 is 11.9 Å². The second-order valence-corrected chi connectivity index (χ2v) is 11.0. The molecule has 232 valence electrons. The number of benzene rings is 2. The van der Waals surface area contributed by atoms with Gasteiger partial charge in [-0.3, -0.25) is 9.78 Å². The highest BCUT2D eigenvalue weighted by Gasteiger charge is 2.21. The molecule has 6 heteroatoms. The van der Waals surface area contributed by atoms with Crippen molar-refractivity contribution in [2.75, 3.05) is 0 Å². The van der Waals surface area contributed by atoms with Gasteiger partial charge in [0.1, 0.15) is 0 Å². The van der Waals surface area contributed by atoms with E-state index in [-0.39, 0.29) is 6.29 Å². The number of aryl methyl sites for hydroxylation is 2. The molecule has 0 unspecified atom stereocenters. The van der Waals surface area contributed by atoms with Crippen LogP contribution in [0.15, 0.2) is 48.5 Å². The van der Waals surface area contributed by atoms with Crippen LogP contribution >= 0.6 is 0 Å². The second-order valence-electron chi connectivity index (χ2n) is 11.0. The van der Waals surface area contributed by atoms with Crippen molar-refractivity contribution in [3.63, 3.8) is 0 Å². The molecule has 42 heavy (non-hydrogen) atoms. The van der Waals surface area contributed by atoms with E-state index in [0.717, 1.165) is 70.6 Å². The molecule has 0 aliphatic heterocycles. The zero-order chi connectivity index (χ0) is 30.3. The van der Waals surface area contributed by atoms with E-state index in [1.165, 1.54) is 49.7 Å². The largest absolute Gasteiger partial charge is 0.373 e. The lowest BCUT2D eigenvalue weighted by atomic mass is 10.0. The Morgan fingerprint density at radius 3 is 1.36 bits per heavy atom. The van der Waals surface area contributed by atoms with Gasteiger partial charge in [-0.05, 0) is 67.5 Å². The Bertz CT molecular complexity index is 898. The van der Waals surface area contributed by atoms with Gasteiger partial charge in [-0.1, -0.05) is 122 Å². The van der Waals surface area contributed by atoms with E-state index in [1.807, 2.05) is 24.3 Å². The molecular weight excluding hydrogens is 528 g/mol. The van der Waals surface area contributed by atoms with E-state index in [9.17, 15) is 9.59 Å². The summed E-state index contributed by atoms with van der Waals surface area (Å²) in [4.78, 5) is 45.9. The Morgan fingerprint density at radius 2 is 0.929 bits per heavy atom. The minimum Gasteiger partial charge on any atom is -0.289 e. The predicted octanol–water partition coefficient (Wildman–Crippen LogP) is 10.3. The smallest absolute Gasteiger partial charge is 0.289 e. The van der Waals surface area contributed by atoms with Crippen molar-refractivity contribution in [3.05, 3.63) is 84.0 Å². The topological polar surface area (TPSA) is 71.1 Å². The van der Waals surface area contributed by atoms with E-state index in [1.54, 1.807) is 24.3 Å². The molecule has 0 spiro atoms. The summed E-state index contributed by atoms with van der Waals surface area (Å²) in [5.41, 5.74) is 3.13. The summed E-state index contributed by atoms with van der Waals surface area (Å²) in [7, 11) is 0. The maximum Gasteiger partial charge on any atom is 0.373 e. The third-order valence-electron chi connectivity index (χ3n) is 7.32. The van der Waals surface area contributed by atoms with Gasteiger partial charge in [-0.25, -0.2) is 9.59 Å². The summed E-state index contributed by atoms with van der Waals surface area (Å²) in [5, 5.41) is 0. The SMILES string of the molecule is [CH2]CCCCCCCC[C](OOC(=O)c1ccc(CCCCCC)cc1)OOC(=O)c1ccc(CCCCCC)cc1. The van der Waals surface area contributed by atoms with Gasteiger partial charge in [0.25, 0.3) is 0 Å². The zero-order valence-electron chi connectivity index (χ0n) is 26.0. The first kappa shape index (κ1) is 35.5. The summed E-state index contributed by atoms with van der Waals surface area (Å²) in [6, 6.07) is 14.7. The first-order valence-corrected chi connectivity index (χ1v) is 16.2. The van der Waals surface area contributed by atoms with Gasteiger partial charge in [0.15, 0.2) is 0 Å². The van der Waals surface area contributed by atoms with Crippen LogP contribution in [0.5, 0.6) is 0 Å². The molecule has 0 fully saturated rings. The van der Waals surface area contributed by atoms with Crippen LogP contribution in [0, 0.1) is 13.2 Å². The molecule has 0 aromatic heterocycles. The van der Waals surface area contributed by atoms with Crippen molar-refractivity contribution in [2.45, 2.75) is 129 Å². The van der Waals surface area contributed by atoms with E-state index in [0.29, 0.717) is 17.5 Å². The first-order valence-electron chi connectivity index (χ1n) is 16.2. The fourth-order valence-electron chi connectivity index (χ4n) is 4.64. The molecule has 2 aromatic carbocycles. The molecule has 6 nitrogen and oxygen atoms in total. The van der Waals surface area contributed by atoms with Crippen molar-refractivity contribution in [3.8, 4) is 0 Å². The number of hydrogen-bond acceptors (Lipinski definition) is 6.